The number of likely N-dealkylation sites (tertiary alicyclic amines) is 1. The number of rotatable bonds is 5. The van der Waals surface area contributed by atoms with E-state index in [-0.39, 0.29) is 18.1 Å². The SMILES string of the molecule is O=C(CC1CCCCC1)N1CCn2c(nnc2[C@@H]2C[C@H](O)CN2Cc2ccccc2)C1. The fourth-order valence-corrected chi connectivity index (χ4v) is 5.55. The Balaban J connectivity index is 1.27. The monoisotopic (exact) mass is 423 g/mol. The quantitative estimate of drug-likeness (QED) is 0.800. The molecule has 166 valence electrons. The number of aliphatic hydroxyl groups is 1. The van der Waals surface area contributed by atoms with Crippen molar-refractivity contribution in [2.75, 3.05) is 13.1 Å². The molecule has 5 rings (SSSR count). The zero-order valence-electron chi connectivity index (χ0n) is 18.2. The van der Waals surface area contributed by atoms with Crippen molar-refractivity contribution >= 4 is 5.91 Å². The van der Waals surface area contributed by atoms with Crippen LogP contribution in [0, 0.1) is 5.92 Å². The first-order valence-electron chi connectivity index (χ1n) is 11.8. The lowest BCUT2D eigenvalue weighted by Crippen LogP contribution is -2.40. The highest BCUT2D eigenvalue weighted by atomic mass is 16.3. The van der Waals surface area contributed by atoms with Crippen molar-refractivity contribution in [1.29, 1.82) is 0 Å². The second-order valence-electron chi connectivity index (χ2n) is 9.47. The molecule has 0 bridgehead atoms. The Bertz CT molecular complexity index is 893. The number of carbonyl (C=O) groups excluding carboxylic acids is 1. The van der Waals surface area contributed by atoms with Crippen molar-refractivity contribution in [2.24, 2.45) is 5.92 Å². The number of hydrogen-bond donors (Lipinski definition) is 1. The Labute approximate surface area is 184 Å². The summed E-state index contributed by atoms with van der Waals surface area (Å²) in [6.07, 6.45) is 7.25. The van der Waals surface area contributed by atoms with E-state index in [1.807, 2.05) is 11.0 Å². The van der Waals surface area contributed by atoms with Crippen LogP contribution in [0.25, 0.3) is 0 Å². The van der Waals surface area contributed by atoms with Crippen molar-refractivity contribution < 1.29 is 9.90 Å². The lowest BCUT2D eigenvalue weighted by Gasteiger charge is -2.31. The van der Waals surface area contributed by atoms with Crippen LogP contribution in [0.3, 0.4) is 0 Å². The molecule has 1 aliphatic carbocycles. The molecule has 1 saturated heterocycles. The summed E-state index contributed by atoms with van der Waals surface area (Å²) in [4.78, 5) is 17.1. The van der Waals surface area contributed by atoms with Gasteiger partial charge < -0.3 is 14.6 Å². The average Bonchev–Trinajstić information content (AvgIpc) is 3.37. The van der Waals surface area contributed by atoms with Crippen molar-refractivity contribution in [3.8, 4) is 0 Å². The Morgan fingerprint density at radius 1 is 1.06 bits per heavy atom. The van der Waals surface area contributed by atoms with E-state index < -0.39 is 0 Å². The molecule has 2 aliphatic heterocycles. The van der Waals surface area contributed by atoms with Crippen LogP contribution in [0.4, 0.5) is 0 Å². The maximum absolute atomic E-state index is 12.9. The maximum Gasteiger partial charge on any atom is 0.223 e. The molecule has 0 unspecified atom stereocenters. The van der Waals surface area contributed by atoms with Gasteiger partial charge in [0, 0.05) is 32.6 Å². The first-order chi connectivity index (χ1) is 15.2. The molecule has 2 atom stereocenters. The summed E-state index contributed by atoms with van der Waals surface area (Å²) in [5.41, 5.74) is 1.24. The molecule has 1 aromatic heterocycles. The summed E-state index contributed by atoms with van der Waals surface area (Å²) in [6.45, 7) is 3.44. The molecule has 1 aromatic carbocycles. The minimum atomic E-state index is -0.348. The highest BCUT2D eigenvalue weighted by molar-refractivity contribution is 5.76. The molecule has 1 N–H and O–H groups in total. The summed E-state index contributed by atoms with van der Waals surface area (Å²) in [5, 5.41) is 19.4. The highest BCUT2D eigenvalue weighted by Crippen LogP contribution is 2.34. The Hall–Kier alpha value is -2.25. The van der Waals surface area contributed by atoms with Crippen molar-refractivity contribution in [2.45, 2.75) is 76.7 Å². The van der Waals surface area contributed by atoms with Gasteiger partial charge in [-0.2, -0.15) is 0 Å². The minimum Gasteiger partial charge on any atom is -0.392 e. The second kappa shape index (κ2) is 9.09. The third kappa shape index (κ3) is 4.53. The van der Waals surface area contributed by atoms with E-state index >= 15 is 0 Å². The van der Waals surface area contributed by atoms with Crippen LogP contribution in [0.5, 0.6) is 0 Å². The second-order valence-corrected chi connectivity index (χ2v) is 9.47. The molecule has 2 fully saturated rings. The Morgan fingerprint density at radius 3 is 2.68 bits per heavy atom. The number of aromatic nitrogens is 3. The lowest BCUT2D eigenvalue weighted by atomic mass is 9.86. The molecule has 1 saturated carbocycles. The van der Waals surface area contributed by atoms with Crippen molar-refractivity contribution in [1.82, 2.24) is 24.6 Å². The van der Waals surface area contributed by atoms with Crippen LogP contribution in [0.1, 0.15) is 68.2 Å². The third-order valence-electron chi connectivity index (χ3n) is 7.23. The molecule has 2 aromatic rings. The smallest absolute Gasteiger partial charge is 0.223 e. The van der Waals surface area contributed by atoms with E-state index in [9.17, 15) is 9.90 Å². The van der Waals surface area contributed by atoms with Crippen LogP contribution in [0.15, 0.2) is 30.3 Å². The molecule has 3 aliphatic rings. The number of amides is 1. The van der Waals surface area contributed by atoms with Crippen LogP contribution >= 0.6 is 0 Å². The highest BCUT2D eigenvalue weighted by Gasteiger charge is 2.37. The average molecular weight is 424 g/mol. The van der Waals surface area contributed by atoms with Gasteiger partial charge in [0.05, 0.1) is 18.7 Å². The van der Waals surface area contributed by atoms with Crippen LogP contribution in [0.2, 0.25) is 0 Å². The predicted molar refractivity (Wildman–Crippen MR) is 117 cm³/mol. The normalized spacial score (nSPS) is 25.0. The van der Waals surface area contributed by atoms with Crippen LogP contribution < -0.4 is 0 Å². The zero-order valence-corrected chi connectivity index (χ0v) is 18.2. The van der Waals surface area contributed by atoms with Crippen LogP contribution in [-0.2, 0) is 24.4 Å². The maximum atomic E-state index is 12.9. The first kappa shape index (κ1) is 20.6. The van der Waals surface area contributed by atoms with Gasteiger partial charge in [0.1, 0.15) is 0 Å². The molecule has 0 spiro atoms. The van der Waals surface area contributed by atoms with E-state index in [4.69, 9.17) is 0 Å². The molecule has 0 radical (unpaired) electrons. The molecular weight excluding hydrogens is 390 g/mol. The molecule has 3 heterocycles. The van der Waals surface area contributed by atoms with Gasteiger partial charge in [-0.15, -0.1) is 10.2 Å². The molecule has 7 heteroatoms. The van der Waals surface area contributed by atoms with Gasteiger partial charge in [-0.3, -0.25) is 9.69 Å². The Kier molecular flexibility index (Phi) is 6.05. The summed E-state index contributed by atoms with van der Waals surface area (Å²) < 4.78 is 2.19. The molecule has 1 amide bonds. The van der Waals surface area contributed by atoms with E-state index in [1.54, 1.807) is 0 Å². The molecule has 7 nitrogen and oxygen atoms in total. The van der Waals surface area contributed by atoms with Gasteiger partial charge in [0.25, 0.3) is 0 Å². The van der Waals surface area contributed by atoms with E-state index in [0.29, 0.717) is 31.8 Å². The van der Waals surface area contributed by atoms with Crippen LogP contribution in [-0.4, -0.2) is 54.8 Å². The fraction of sp³-hybridized carbons (Fsp3) is 0.625. The lowest BCUT2D eigenvalue weighted by molar-refractivity contribution is -0.134. The summed E-state index contributed by atoms with van der Waals surface area (Å²) >= 11 is 0. The zero-order chi connectivity index (χ0) is 21.2. The van der Waals surface area contributed by atoms with Gasteiger partial charge >= 0.3 is 0 Å². The van der Waals surface area contributed by atoms with Gasteiger partial charge in [-0.05, 0) is 30.7 Å². The van der Waals surface area contributed by atoms with Gasteiger partial charge in [-0.1, -0.05) is 49.6 Å². The van der Waals surface area contributed by atoms with Crippen molar-refractivity contribution in [3.63, 3.8) is 0 Å². The van der Waals surface area contributed by atoms with E-state index in [0.717, 1.165) is 31.3 Å². The summed E-state index contributed by atoms with van der Waals surface area (Å²) in [6, 6.07) is 10.4. The number of benzene rings is 1. The summed E-state index contributed by atoms with van der Waals surface area (Å²) in [5.74, 6) is 2.63. The van der Waals surface area contributed by atoms with Crippen molar-refractivity contribution in [3.05, 3.63) is 47.5 Å². The number of fused-ring (bicyclic) bond motifs is 1. The van der Waals surface area contributed by atoms with Gasteiger partial charge in [-0.25, -0.2) is 0 Å². The van der Waals surface area contributed by atoms with E-state index in [2.05, 4.69) is 43.9 Å². The number of hydrogen-bond acceptors (Lipinski definition) is 5. The first-order valence-corrected chi connectivity index (χ1v) is 11.8. The topological polar surface area (TPSA) is 74.5 Å². The van der Waals surface area contributed by atoms with Gasteiger partial charge in [0.2, 0.25) is 5.91 Å². The summed E-state index contributed by atoms with van der Waals surface area (Å²) in [7, 11) is 0. The minimum absolute atomic E-state index is 0.0564. The van der Waals surface area contributed by atoms with Gasteiger partial charge in [0.15, 0.2) is 11.6 Å². The number of nitrogens with zero attached hydrogens (tertiary/aromatic N) is 5. The predicted octanol–water partition coefficient (Wildman–Crippen LogP) is 2.90. The van der Waals surface area contributed by atoms with E-state index in [1.165, 1.54) is 37.7 Å². The number of aliphatic hydroxyl groups excluding tert-OH is 1. The number of β-amino-alcohol motifs (C(OH)–C–C–N with tert-alkyl or cyclic N) is 1. The largest absolute Gasteiger partial charge is 0.392 e. The fourth-order valence-electron chi connectivity index (χ4n) is 5.55. The molecular formula is C24H33N5O2. The third-order valence-corrected chi connectivity index (χ3v) is 7.23. The number of carbonyl (C=O) groups is 1. The standard InChI is InChI=1S/C24H33N5O2/c30-20-14-21(28(16-20)15-19-9-5-2-6-10-19)24-26-25-22-17-27(11-12-29(22)24)23(31)13-18-7-3-1-4-8-18/h2,5-6,9-10,18,20-21,30H,1,3-4,7-8,11-17H2/t20-,21-/m0/s1. The Morgan fingerprint density at radius 2 is 1.87 bits per heavy atom. The molecule has 31 heavy (non-hydrogen) atoms.